The van der Waals surface area contributed by atoms with Crippen LogP contribution in [0.3, 0.4) is 0 Å². The first-order chi connectivity index (χ1) is 13.2. The van der Waals surface area contributed by atoms with Crippen LogP contribution in [0.1, 0.15) is 21.8 Å². The first kappa shape index (κ1) is 19.6. The van der Waals surface area contributed by atoms with Crippen LogP contribution in [0.2, 0.25) is 0 Å². The Balaban J connectivity index is 2.00. The van der Waals surface area contributed by atoms with Crippen molar-refractivity contribution < 1.29 is 22.5 Å². The van der Waals surface area contributed by atoms with Gasteiger partial charge in [-0.15, -0.1) is 0 Å². The first-order valence-corrected chi connectivity index (χ1v) is 10.3. The van der Waals surface area contributed by atoms with E-state index < -0.39 is 15.8 Å². The van der Waals surface area contributed by atoms with Gasteiger partial charge in [-0.25, -0.2) is 13.2 Å². The number of benzene rings is 2. The molecule has 0 saturated heterocycles. The first-order valence-electron chi connectivity index (χ1n) is 8.43. The third-order valence-corrected chi connectivity index (χ3v) is 5.44. The molecular weight excluding hydrogens is 380 g/mol. The minimum Gasteiger partial charge on any atom is -0.465 e. The molecule has 0 atom stereocenters. The van der Waals surface area contributed by atoms with E-state index in [1.807, 2.05) is 19.9 Å². The Morgan fingerprint density at radius 2 is 1.79 bits per heavy atom. The van der Waals surface area contributed by atoms with Crippen molar-refractivity contribution in [1.82, 2.24) is 5.16 Å². The molecule has 2 aromatic carbocycles. The Hall–Kier alpha value is -3.13. The van der Waals surface area contributed by atoms with E-state index in [1.54, 1.807) is 24.3 Å². The highest BCUT2D eigenvalue weighted by molar-refractivity contribution is 7.90. The highest BCUT2D eigenvalue weighted by Gasteiger charge is 2.18. The van der Waals surface area contributed by atoms with Crippen molar-refractivity contribution in [2.24, 2.45) is 0 Å². The summed E-state index contributed by atoms with van der Waals surface area (Å²) in [6, 6.07) is 11.6. The van der Waals surface area contributed by atoms with E-state index in [1.165, 1.54) is 19.2 Å². The number of methoxy groups -OCH3 is 1. The van der Waals surface area contributed by atoms with Gasteiger partial charge in [0, 0.05) is 17.5 Å². The molecule has 0 unspecified atom stereocenters. The van der Waals surface area contributed by atoms with E-state index in [0.29, 0.717) is 22.7 Å². The number of aromatic nitrogens is 1. The molecule has 0 amide bonds. The highest BCUT2D eigenvalue weighted by Crippen LogP contribution is 2.31. The van der Waals surface area contributed by atoms with Crippen LogP contribution in [-0.4, -0.2) is 32.9 Å². The molecule has 146 valence electrons. The van der Waals surface area contributed by atoms with Crippen molar-refractivity contribution in [2.45, 2.75) is 18.7 Å². The number of ether oxygens (including phenoxy) is 1. The van der Waals surface area contributed by atoms with Crippen molar-refractivity contribution in [3.8, 4) is 11.1 Å². The molecule has 0 saturated carbocycles. The van der Waals surface area contributed by atoms with E-state index in [9.17, 15) is 13.2 Å². The summed E-state index contributed by atoms with van der Waals surface area (Å²) >= 11 is 0. The smallest absolute Gasteiger partial charge is 0.339 e. The van der Waals surface area contributed by atoms with Gasteiger partial charge in [0.05, 0.1) is 29.0 Å². The van der Waals surface area contributed by atoms with Gasteiger partial charge < -0.3 is 14.6 Å². The van der Waals surface area contributed by atoms with Crippen LogP contribution >= 0.6 is 0 Å². The SMILES string of the molecule is COC(=O)c1cc(-c2c(C)noc2C)ccc1Nc1ccc(S(C)(=O)=O)cc1. The van der Waals surface area contributed by atoms with Crippen LogP contribution in [0.25, 0.3) is 11.1 Å². The third kappa shape index (κ3) is 3.91. The number of hydrogen-bond acceptors (Lipinski definition) is 7. The molecule has 28 heavy (non-hydrogen) atoms. The Labute approximate surface area is 163 Å². The molecule has 7 nitrogen and oxygen atoms in total. The Kier molecular flexibility index (Phi) is 5.24. The summed E-state index contributed by atoms with van der Waals surface area (Å²) < 4.78 is 33.3. The van der Waals surface area contributed by atoms with Crippen LogP contribution in [0.15, 0.2) is 51.9 Å². The number of aryl methyl sites for hydroxylation is 2. The van der Waals surface area contributed by atoms with Gasteiger partial charge in [0.1, 0.15) is 5.76 Å². The molecule has 1 heterocycles. The Bertz CT molecular complexity index is 1110. The average Bonchev–Trinajstić information content (AvgIpc) is 2.99. The molecule has 1 N–H and O–H groups in total. The van der Waals surface area contributed by atoms with E-state index >= 15 is 0 Å². The zero-order chi connectivity index (χ0) is 20.5. The van der Waals surface area contributed by atoms with Crippen LogP contribution in [-0.2, 0) is 14.6 Å². The lowest BCUT2D eigenvalue weighted by Crippen LogP contribution is -2.06. The summed E-state index contributed by atoms with van der Waals surface area (Å²) in [5.41, 5.74) is 3.86. The monoisotopic (exact) mass is 400 g/mol. The molecule has 0 radical (unpaired) electrons. The predicted molar refractivity (Wildman–Crippen MR) is 106 cm³/mol. The minimum absolute atomic E-state index is 0.222. The summed E-state index contributed by atoms with van der Waals surface area (Å²) in [4.78, 5) is 12.5. The van der Waals surface area contributed by atoms with Crippen LogP contribution in [0.5, 0.6) is 0 Å². The number of nitrogens with one attached hydrogen (secondary N) is 1. The second-order valence-corrected chi connectivity index (χ2v) is 8.39. The maximum Gasteiger partial charge on any atom is 0.339 e. The Morgan fingerprint density at radius 1 is 1.11 bits per heavy atom. The normalized spacial score (nSPS) is 11.3. The van der Waals surface area contributed by atoms with Gasteiger partial charge in [0.25, 0.3) is 0 Å². The second-order valence-electron chi connectivity index (χ2n) is 6.37. The standard InChI is InChI=1S/C20H20N2O5S/c1-12-19(13(2)27-22-12)14-5-10-18(17(11-14)20(23)26-3)21-15-6-8-16(9-7-15)28(4,24)25/h5-11,21H,1-4H3. The molecule has 3 rings (SSSR count). The summed E-state index contributed by atoms with van der Waals surface area (Å²) in [5, 5.41) is 7.08. The number of anilines is 2. The zero-order valence-corrected chi connectivity index (χ0v) is 16.8. The van der Waals surface area contributed by atoms with E-state index in [2.05, 4.69) is 10.5 Å². The topological polar surface area (TPSA) is 98.5 Å². The number of esters is 1. The fourth-order valence-corrected chi connectivity index (χ4v) is 3.55. The molecule has 0 aliphatic carbocycles. The van der Waals surface area contributed by atoms with E-state index in [4.69, 9.17) is 9.26 Å². The van der Waals surface area contributed by atoms with Crippen molar-refractivity contribution in [1.29, 1.82) is 0 Å². The third-order valence-electron chi connectivity index (χ3n) is 4.31. The average molecular weight is 400 g/mol. The lowest BCUT2D eigenvalue weighted by molar-refractivity contribution is 0.0602. The number of carbonyl (C=O) groups is 1. The lowest BCUT2D eigenvalue weighted by Gasteiger charge is -2.13. The molecule has 3 aromatic rings. The fraction of sp³-hybridized carbons (Fsp3) is 0.200. The maximum atomic E-state index is 12.3. The number of sulfone groups is 1. The maximum absolute atomic E-state index is 12.3. The van der Waals surface area contributed by atoms with Crippen molar-refractivity contribution in [3.05, 3.63) is 59.5 Å². The molecular formula is C20H20N2O5S. The van der Waals surface area contributed by atoms with Crippen LogP contribution < -0.4 is 5.32 Å². The van der Waals surface area contributed by atoms with Gasteiger partial charge in [0.2, 0.25) is 0 Å². The predicted octanol–water partition coefficient (Wildman–Crippen LogP) is 3.89. The summed E-state index contributed by atoms with van der Waals surface area (Å²) in [6.07, 6.45) is 1.15. The van der Waals surface area contributed by atoms with Crippen LogP contribution in [0, 0.1) is 13.8 Å². The zero-order valence-electron chi connectivity index (χ0n) is 15.9. The number of nitrogens with zero attached hydrogens (tertiary/aromatic N) is 1. The van der Waals surface area contributed by atoms with Gasteiger partial charge in [-0.3, -0.25) is 0 Å². The lowest BCUT2D eigenvalue weighted by atomic mass is 10.0. The molecule has 8 heteroatoms. The molecule has 0 bridgehead atoms. The largest absolute Gasteiger partial charge is 0.465 e. The Morgan fingerprint density at radius 3 is 2.32 bits per heavy atom. The quantitative estimate of drug-likeness (QED) is 0.649. The van der Waals surface area contributed by atoms with Gasteiger partial charge in [-0.2, -0.15) is 0 Å². The van der Waals surface area contributed by atoms with Gasteiger partial charge in [0.15, 0.2) is 9.84 Å². The summed E-state index contributed by atoms with van der Waals surface area (Å²) in [7, 11) is -1.96. The molecule has 0 fully saturated rings. The van der Waals surface area contributed by atoms with Crippen molar-refractivity contribution >= 4 is 27.2 Å². The van der Waals surface area contributed by atoms with E-state index in [-0.39, 0.29) is 4.90 Å². The molecule has 0 spiro atoms. The van der Waals surface area contributed by atoms with Crippen molar-refractivity contribution in [2.75, 3.05) is 18.7 Å². The molecule has 0 aliphatic heterocycles. The van der Waals surface area contributed by atoms with Gasteiger partial charge >= 0.3 is 5.97 Å². The number of carbonyl (C=O) groups excluding carboxylic acids is 1. The summed E-state index contributed by atoms with van der Waals surface area (Å²) in [5.74, 6) is 0.161. The summed E-state index contributed by atoms with van der Waals surface area (Å²) in [6.45, 7) is 3.64. The fourth-order valence-electron chi connectivity index (χ4n) is 2.92. The number of hydrogen-bond donors (Lipinski definition) is 1. The minimum atomic E-state index is -3.27. The molecule has 1 aromatic heterocycles. The van der Waals surface area contributed by atoms with Crippen LogP contribution in [0.4, 0.5) is 11.4 Å². The number of rotatable bonds is 5. The second kappa shape index (κ2) is 7.47. The van der Waals surface area contributed by atoms with Gasteiger partial charge in [-0.1, -0.05) is 11.2 Å². The molecule has 0 aliphatic rings. The van der Waals surface area contributed by atoms with Crippen molar-refractivity contribution in [3.63, 3.8) is 0 Å². The highest BCUT2D eigenvalue weighted by atomic mass is 32.2. The van der Waals surface area contributed by atoms with Gasteiger partial charge in [-0.05, 0) is 55.8 Å². The van der Waals surface area contributed by atoms with E-state index in [0.717, 1.165) is 23.1 Å².